The maximum Gasteiger partial charge on any atom is 0.235 e. The van der Waals surface area contributed by atoms with Gasteiger partial charge in [0.2, 0.25) is 5.95 Å². The number of fused-ring (bicyclic) bond motifs is 5. The highest BCUT2D eigenvalue weighted by Crippen LogP contribution is 2.52. The molecule has 4 nitrogen and oxygen atoms in total. The second-order valence-electron chi connectivity index (χ2n) is 9.30. The zero-order valence-electron chi connectivity index (χ0n) is 19.8. The summed E-state index contributed by atoms with van der Waals surface area (Å²) in [5.41, 5.74) is 7.15. The molecule has 7 aromatic rings. The topological polar surface area (TPSA) is 41.9 Å². The first-order valence-corrected chi connectivity index (χ1v) is 12.4. The molecule has 0 fully saturated rings. The summed E-state index contributed by atoms with van der Waals surface area (Å²) in [4.78, 5) is 17.2. The molecular formula is C33H20N4. The van der Waals surface area contributed by atoms with E-state index in [0.717, 1.165) is 33.7 Å². The molecule has 3 heterocycles. The number of pyridine rings is 1. The molecule has 0 spiro atoms. The summed E-state index contributed by atoms with van der Waals surface area (Å²) in [7, 11) is 0. The molecule has 172 valence electrons. The quantitative estimate of drug-likeness (QED) is 0.253. The van der Waals surface area contributed by atoms with Gasteiger partial charge in [0.05, 0.1) is 22.6 Å². The molecule has 1 aliphatic heterocycles. The van der Waals surface area contributed by atoms with Crippen LogP contribution in [0.15, 0.2) is 121 Å². The molecular weight excluding hydrogens is 452 g/mol. The van der Waals surface area contributed by atoms with Crippen LogP contribution in [-0.2, 0) is 0 Å². The number of para-hydroxylation sites is 1. The van der Waals surface area contributed by atoms with Gasteiger partial charge >= 0.3 is 0 Å². The van der Waals surface area contributed by atoms with E-state index in [1.165, 1.54) is 32.7 Å². The average molecular weight is 473 g/mol. The fourth-order valence-corrected chi connectivity index (χ4v) is 5.64. The van der Waals surface area contributed by atoms with E-state index in [2.05, 4.69) is 94.8 Å². The molecule has 0 bridgehead atoms. The maximum absolute atomic E-state index is 5.21. The summed E-state index contributed by atoms with van der Waals surface area (Å²) < 4.78 is 0. The van der Waals surface area contributed by atoms with E-state index < -0.39 is 0 Å². The Hall–Kier alpha value is -5.09. The molecule has 0 N–H and O–H groups in total. The highest BCUT2D eigenvalue weighted by Gasteiger charge is 2.29. The summed E-state index contributed by atoms with van der Waals surface area (Å²) in [5.74, 6) is 0.638. The van der Waals surface area contributed by atoms with Gasteiger partial charge in [-0.3, -0.25) is 9.88 Å². The van der Waals surface area contributed by atoms with E-state index in [-0.39, 0.29) is 0 Å². The molecule has 0 atom stereocenters. The van der Waals surface area contributed by atoms with E-state index >= 15 is 0 Å². The lowest BCUT2D eigenvalue weighted by Crippen LogP contribution is -2.18. The van der Waals surface area contributed by atoms with Crippen LogP contribution in [0.2, 0.25) is 0 Å². The van der Waals surface area contributed by atoms with Crippen LogP contribution in [0.5, 0.6) is 0 Å². The minimum atomic E-state index is 0.638. The number of anilines is 3. The molecule has 37 heavy (non-hydrogen) atoms. The molecule has 5 aromatic carbocycles. The molecule has 0 radical (unpaired) electrons. The van der Waals surface area contributed by atoms with E-state index in [1.807, 2.05) is 36.5 Å². The molecule has 1 aliphatic rings. The van der Waals surface area contributed by atoms with E-state index in [9.17, 15) is 0 Å². The van der Waals surface area contributed by atoms with Crippen LogP contribution in [0, 0.1) is 0 Å². The lowest BCUT2D eigenvalue weighted by atomic mass is 9.89. The van der Waals surface area contributed by atoms with Crippen molar-refractivity contribution >= 4 is 49.8 Å². The zero-order valence-corrected chi connectivity index (χ0v) is 19.8. The summed E-state index contributed by atoms with van der Waals surface area (Å²) >= 11 is 0. The van der Waals surface area contributed by atoms with Crippen molar-refractivity contribution in [3.8, 4) is 22.5 Å². The lowest BCUT2D eigenvalue weighted by molar-refractivity contribution is 1.11. The van der Waals surface area contributed by atoms with Crippen molar-refractivity contribution < 1.29 is 0 Å². The number of rotatable bonds is 2. The third-order valence-electron chi connectivity index (χ3n) is 7.24. The molecule has 0 amide bonds. The number of hydrogen-bond acceptors (Lipinski definition) is 4. The Bertz CT molecular complexity index is 1990. The van der Waals surface area contributed by atoms with Gasteiger partial charge in [-0.1, -0.05) is 91.0 Å². The van der Waals surface area contributed by atoms with E-state index in [4.69, 9.17) is 9.97 Å². The number of aromatic nitrogens is 3. The van der Waals surface area contributed by atoms with Gasteiger partial charge in [0, 0.05) is 27.9 Å². The first-order valence-electron chi connectivity index (χ1n) is 12.4. The smallest absolute Gasteiger partial charge is 0.235 e. The van der Waals surface area contributed by atoms with Crippen molar-refractivity contribution in [2.45, 2.75) is 0 Å². The molecule has 0 saturated carbocycles. The Morgan fingerprint density at radius 2 is 1.32 bits per heavy atom. The predicted molar refractivity (Wildman–Crippen MR) is 151 cm³/mol. The van der Waals surface area contributed by atoms with Crippen LogP contribution < -0.4 is 4.90 Å². The molecule has 0 aliphatic carbocycles. The SMILES string of the molecule is c1ccc(-c2nc(N3c4c(ccc5ccccc45)-c4cccc5cccc3c45)nc3ccccc23)nc1. The van der Waals surface area contributed by atoms with Gasteiger partial charge in [0.25, 0.3) is 0 Å². The monoisotopic (exact) mass is 472 g/mol. The summed E-state index contributed by atoms with van der Waals surface area (Å²) in [5, 5.41) is 5.75. The van der Waals surface area contributed by atoms with Gasteiger partial charge in [-0.15, -0.1) is 0 Å². The van der Waals surface area contributed by atoms with Crippen LogP contribution in [0.1, 0.15) is 0 Å². The first kappa shape index (κ1) is 20.1. The van der Waals surface area contributed by atoms with Crippen LogP contribution >= 0.6 is 0 Å². The highest BCUT2D eigenvalue weighted by molar-refractivity contribution is 6.18. The summed E-state index contributed by atoms with van der Waals surface area (Å²) in [6, 6.07) is 40.1. The van der Waals surface area contributed by atoms with Gasteiger partial charge in [-0.2, -0.15) is 0 Å². The Labute approximate surface area is 213 Å². The van der Waals surface area contributed by atoms with Gasteiger partial charge in [-0.25, -0.2) is 9.97 Å². The summed E-state index contributed by atoms with van der Waals surface area (Å²) in [6.07, 6.45) is 1.81. The van der Waals surface area contributed by atoms with Crippen LogP contribution in [0.25, 0.3) is 55.0 Å². The fraction of sp³-hybridized carbons (Fsp3) is 0. The third-order valence-corrected chi connectivity index (χ3v) is 7.24. The van der Waals surface area contributed by atoms with Crippen LogP contribution in [0.4, 0.5) is 17.3 Å². The molecule has 0 unspecified atom stereocenters. The van der Waals surface area contributed by atoms with Gasteiger partial charge in [0.1, 0.15) is 5.69 Å². The first-order chi connectivity index (χ1) is 18.4. The van der Waals surface area contributed by atoms with Crippen molar-refractivity contribution in [3.05, 3.63) is 121 Å². The van der Waals surface area contributed by atoms with Crippen molar-refractivity contribution in [1.29, 1.82) is 0 Å². The van der Waals surface area contributed by atoms with Gasteiger partial charge in [0.15, 0.2) is 0 Å². The molecule has 4 heteroatoms. The number of nitrogens with zero attached hydrogens (tertiary/aromatic N) is 4. The Balaban J connectivity index is 1.53. The van der Waals surface area contributed by atoms with Crippen molar-refractivity contribution in [2.24, 2.45) is 0 Å². The number of benzene rings is 5. The van der Waals surface area contributed by atoms with Crippen LogP contribution in [0.3, 0.4) is 0 Å². The van der Waals surface area contributed by atoms with Gasteiger partial charge in [-0.05, 0) is 40.6 Å². The predicted octanol–water partition coefficient (Wildman–Crippen LogP) is 8.45. The van der Waals surface area contributed by atoms with E-state index in [0.29, 0.717) is 5.95 Å². The fourth-order valence-electron chi connectivity index (χ4n) is 5.64. The summed E-state index contributed by atoms with van der Waals surface area (Å²) in [6.45, 7) is 0. The lowest BCUT2D eigenvalue weighted by Gasteiger charge is -2.33. The minimum absolute atomic E-state index is 0.638. The average Bonchev–Trinajstić information content (AvgIpc) is 2.97. The van der Waals surface area contributed by atoms with E-state index in [1.54, 1.807) is 0 Å². The Morgan fingerprint density at radius 3 is 2.22 bits per heavy atom. The van der Waals surface area contributed by atoms with Crippen molar-refractivity contribution in [2.75, 3.05) is 4.90 Å². The standard InChI is InChI=1S/C33H20N4/c1-2-12-23-21(9-1)18-19-25-24-14-7-10-22-11-8-17-29(30(22)24)37(32(23)25)33-35-27-15-4-3-13-26(27)31(36-33)28-16-5-6-20-34-28/h1-20H. The molecule has 8 rings (SSSR count). The highest BCUT2D eigenvalue weighted by atomic mass is 15.3. The minimum Gasteiger partial charge on any atom is -0.277 e. The van der Waals surface area contributed by atoms with Crippen LogP contribution in [-0.4, -0.2) is 15.0 Å². The largest absolute Gasteiger partial charge is 0.277 e. The number of hydrogen-bond donors (Lipinski definition) is 0. The maximum atomic E-state index is 5.21. The Kier molecular flexibility index (Phi) is 4.19. The Morgan fingerprint density at radius 1 is 0.541 bits per heavy atom. The molecule has 2 aromatic heterocycles. The zero-order chi connectivity index (χ0) is 24.3. The van der Waals surface area contributed by atoms with Crippen molar-refractivity contribution in [3.63, 3.8) is 0 Å². The normalized spacial score (nSPS) is 12.3. The van der Waals surface area contributed by atoms with Crippen molar-refractivity contribution in [1.82, 2.24) is 15.0 Å². The third kappa shape index (κ3) is 2.93. The van der Waals surface area contributed by atoms with Gasteiger partial charge < -0.3 is 0 Å². The second-order valence-corrected chi connectivity index (χ2v) is 9.30. The molecule has 0 saturated heterocycles. The second kappa shape index (κ2) is 7.70.